The molecule has 242 valence electrons. The number of hydrogen-bond acceptors (Lipinski definition) is 6. The number of carboxylic acid groups (broad SMARTS) is 2. The summed E-state index contributed by atoms with van der Waals surface area (Å²) in [6.07, 6.45) is 30.3. The highest BCUT2D eigenvalue weighted by Crippen LogP contribution is 2.10. The molecule has 2 aromatic heterocycles. The monoisotopic (exact) mass is 594 g/mol. The number of unbranched alkanes of at least 4 members (excludes halogenated alkanes) is 14. The zero-order chi connectivity index (χ0) is 31.6. The molecule has 2 aromatic rings. The van der Waals surface area contributed by atoms with Crippen LogP contribution in [0, 0.1) is 0 Å². The molecule has 2 heterocycles. The number of aliphatic carboxylic acids is 2. The summed E-state index contributed by atoms with van der Waals surface area (Å²) in [5, 5.41) is 35.7. The highest BCUT2D eigenvalue weighted by Gasteiger charge is 2.17. The van der Waals surface area contributed by atoms with Crippen LogP contribution in [0.3, 0.4) is 0 Å². The first kappa shape index (κ1) is 39.3. The molecule has 0 amide bonds. The van der Waals surface area contributed by atoms with Crippen molar-refractivity contribution in [1.82, 2.24) is 9.13 Å². The lowest BCUT2D eigenvalue weighted by molar-refractivity contribution is -0.671. The molecule has 0 fully saturated rings. The Morgan fingerprint density at radius 1 is 0.595 bits per heavy atom. The third-order valence-electron chi connectivity index (χ3n) is 6.97. The zero-order valence-corrected chi connectivity index (χ0v) is 26.7. The fourth-order valence-corrected chi connectivity index (χ4v) is 4.38. The van der Waals surface area contributed by atoms with E-state index in [2.05, 4.69) is 83.7 Å². The SMILES string of the molecule is CCCCCCCCCCn1cc[n+](C)c1.CCCCCCCCCCn1cc[n+](C)c1.O=C([O-])[C@H](O)[C@@H](O)C(=O)[O-]. The lowest BCUT2D eigenvalue weighted by atomic mass is 10.1. The standard InChI is InChI=1S/2C14H27N2.C4H6O6/c2*1-3-4-5-6-7-8-9-10-11-16-13-12-15(2)14-16;5-1(3(7)8)2(6)4(9)10/h2*12-14H,3-11H2,1-2H3;1-2,5-6H,(H,7,8)(H,9,10)/q2*+1;/p-2/t;;1-,2-/m..1/s1. The highest BCUT2D eigenvalue weighted by atomic mass is 16.4. The highest BCUT2D eigenvalue weighted by molar-refractivity contribution is 5.80. The average Bonchev–Trinajstić information content (AvgIpc) is 3.58. The Labute approximate surface area is 253 Å². The summed E-state index contributed by atoms with van der Waals surface area (Å²) in [7, 11) is 4.15. The van der Waals surface area contributed by atoms with Gasteiger partial charge in [-0.3, -0.25) is 0 Å². The number of carbonyl (C=O) groups excluding carboxylic acids is 2. The predicted octanol–water partition coefficient (Wildman–Crippen LogP) is 2.11. The third-order valence-corrected chi connectivity index (χ3v) is 6.97. The molecule has 0 saturated heterocycles. The molecule has 2 rings (SSSR count). The van der Waals surface area contributed by atoms with Gasteiger partial charge in [0.15, 0.2) is 0 Å². The van der Waals surface area contributed by atoms with Gasteiger partial charge in [-0.2, -0.15) is 0 Å². The van der Waals surface area contributed by atoms with Crippen molar-refractivity contribution < 1.29 is 39.1 Å². The van der Waals surface area contributed by atoms with Gasteiger partial charge in [0.25, 0.3) is 0 Å². The number of carbonyl (C=O) groups is 2. The van der Waals surface area contributed by atoms with Crippen LogP contribution < -0.4 is 19.3 Å². The molecule has 10 heteroatoms. The van der Waals surface area contributed by atoms with Crippen LogP contribution in [0.2, 0.25) is 0 Å². The van der Waals surface area contributed by atoms with Gasteiger partial charge in [0.2, 0.25) is 12.7 Å². The average molecular weight is 595 g/mol. The van der Waals surface area contributed by atoms with Crippen molar-refractivity contribution in [2.24, 2.45) is 14.1 Å². The number of aryl methyl sites for hydroxylation is 4. The van der Waals surface area contributed by atoms with Crippen molar-refractivity contribution in [2.45, 2.75) is 142 Å². The molecule has 0 spiro atoms. The summed E-state index contributed by atoms with van der Waals surface area (Å²) in [6.45, 7) is 6.90. The Hall–Kier alpha value is -2.72. The van der Waals surface area contributed by atoms with E-state index in [0.29, 0.717) is 0 Å². The zero-order valence-electron chi connectivity index (χ0n) is 26.7. The summed E-state index contributed by atoms with van der Waals surface area (Å²) < 4.78 is 8.75. The number of nitrogens with zero attached hydrogens (tertiary/aromatic N) is 4. The van der Waals surface area contributed by atoms with Gasteiger partial charge < -0.3 is 30.0 Å². The number of aliphatic hydroxyl groups is 2. The second kappa shape index (κ2) is 25.9. The summed E-state index contributed by atoms with van der Waals surface area (Å²) in [4.78, 5) is 19.3. The van der Waals surface area contributed by atoms with Gasteiger partial charge in [-0.1, -0.05) is 90.9 Å². The van der Waals surface area contributed by atoms with Crippen molar-refractivity contribution in [3.63, 3.8) is 0 Å². The van der Waals surface area contributed by atoms with Gasteiger partial charge in [0.1, 0.15) is 37.0 Å². The number of hydrogen-bond donors (Lipinski definition) is 2. The maximum atomic E-state index is 9.63. The molecule has 0 unspecified atom stereocenters. The first-order valence-electron chi connectivity index (χ1n) is 15.9. The predicted molar refractivity (Wildman–Crippen MR) is 158 cm³/mol. The Kier molecular flexibility index (Phi) is 24.3. The van der Waals surface area contributed by atoms with E-state index in [1.807, 2.05) is 0 Å². The van der Waals surface area contributed by atoms with Gasteiger partial charge in [0, 0.05) is 0 Å². The number of rotatable bonds is 21. The molecule has 0 aliphatic rings. The van der Waals surface area contributed by atoms with E-state index in [4.69, 9.17) is 10.2 Å². The van der Waals surface area contributed by atoms with Crippen LogP contribution >= 0.6 is 0 Å². The first-order valence-corrected chi connectivity index (χ1v) is 15.9. The first-order chi connectivity index (χ1) is 20.1. The van der Waals surface area contributed by atoms with Gasteiger partial charge >= 0.3 is 0 Å². The molecule has 0 aliphatic heterocycles. The van der Waals surface area contributed by atoms with E-state index < -0.39 is 24.1 Å². The normalized spacial score (nSPS) is 12.0. The second-order valence-corrected chi connectivity index (χ2v) is 11.1. The Balaban J connectivity index is 0.000000620. The molecule has 0 aromatic carbocycles. The van der Waals surface area contributed by atoms with E-state index in [-0.39, 0.29) is 0 Å². The van der Waals surface area contributed by atoms with Crippen LogP contribution in [0.5, 0.6) is 0 Å². The van der Waals surface area contributed by atoms with E-state index in [9.17, 15) is 19.8 Å². The molecule has 0 saturated carbocycles. The largest absolute Gasteiger partial charge is 0.547 e. The van der Waals surface area contributed by atoms with Gasteiger partial charge in [0.05, 0.1) is 39.1 Å². The quantitative estimate of drug-likeness (QED) is 0.168. The number of aliphatic hydroxyl groups excluding tert-OH is 2. The van der Waals surface area contributed by atoms with Crippen molar-refractivity contribution in [3.05, 3.63) is 37.4 Å². The molecule has 0 bridgehead atoms. The fraction of sp³-hybridized carbons (Fsp3) is 0.750. The van der Waals surface area contributed by atoms with Crippen LogP contribution in [0.25, 0.3) is 0 Å². The van der Waals surface area contributed by atoms with Gasteiger partial charge in [-0.05, 0) is 25.7 Å². The third kappa shape index (κ3) is 22.0. The maximum Gasteiger partial charge on any atom is 0.243 e. The number of aromatic nitrogens is 4. The van der Waals surface area contributed by atoms with Crippen LogP contribution in [-0.2, 0) is 36.8 Å². The molecule has 2 atom stereocenters. The minimum Gasteiger partial charge on any atom is -0.547 e. The summed E-state index contributed by atoms with van der Waals surface area (Å²) in [5.74, 6) is -4.12. The molecule has 0 radical (unpaired) electrons. The van der Waals surface area contributed by atoms with Crippen LogP contribution in [0.1, 0.15) is 117 Å². The summed E-state index contributed by atoms with van der Waals surface area (Å²) in [5.41, 5.74) is 0. The van der Waals surface area contributed by atoms with E-state index >= 15 is 0 Å². The number of carboxylic acids is 2. The Morgan fingerprint density at radius 3 is 1.12 bits per heavy atom. The molecule has 10 nitrogen and oxygen atoms in total. The molecular formula is C32H58N4O6. The maximum absolute atomic E-state index is 9.63. The van der Waals surface area contributed by atoms with Crippen molar-refractivity contribution in [3.8, 4) is 0 Å². The fourth-order valence-electron chi connectivity index (χ4n) is 4.38. The van der Waals surface area contributed by atoms with E-state index in [1.54, 1.807) is 0 Å². The molecule has 2 N–H and O–H groups in total. The van der Waals surface area contributed by atoms with Crippen molar-refractivity contribution in [2.75, 3.05) is 0 Å². The summed E-state index contributed by atoms with van der Waals surface area (Å²) >= 11 is 0. The summed E-state index contributed by atoms with van der Waals surface area (Å²) in [6, 6.07) is 0. The molecule has 0 aliphatic carbocycles. The lowest BCUT2D eigenvalue weighted by Gasteiger charge is -2.18. The topological polar surface area (TPSA) is 138 Å². The smallest absolute Gasteiger partial charge is 0.243 e. The van der Waals surface area contributed by atoms with Gasteiger partial charge in [-0.25, -0.2) is 18.3 Å². The second-order valence-electron chi connectivity index (χ2n) is 11.1. The minimum absolute atomic E-state index is 1.18. The van der Waals surface area contributed by atoms with E-state index in [1.165, 1.54) is 116 Å². The Bertz CT molecular complexity index is 856. The van der Waals surface area contributed by atoms with Crippen LogP contribution in [0.4, 0.5) is 0 Å². The van der Waals surface area contributed by atoms with Crippen molar-refractivity contribution in [1.29, 1.82) is 0 Å². The molecular weight excluding hydrogens is 536 g/mol. The lowest BCUT2D eigenvalue weighted by Crippen LogP contribution is -2.51. The van der Waals surface area contributed by atoms with E-state index in [0.717, 1.165) is 0 Å². The van der Waals surface area contributed by atoms with Crippen molar-refractivity contribution >= 4 is 11.9 Å². The van der Waals surface area contributed by atoms with Gasteiger partial charge in [-0.15, -0.1) is 0 Å². The molecule has 42 heavy (non-hydrogen) atoms. The van der Waals surface area contributed by atoms with Crippen LogP contribution in [-0.4, -0.2) is 43.5 Å². The Morgan fingerprint density at radius 2 is 0.881 bits per heavy atom. The minimum atomic E-state index is -2.44. The van der Waals surface area contributed by atoms with Crippen LogP contribution in [0.15, 0.2) is 37.4 Å². The number of imidazole rings is 2.